The largest absolute Gasteiger partial charge is 0.461 e. The Bertz CT molecular complexity index is 884. The van der Waals surface area contributed by atoms with Crippen LogP contribution in [0.4, 0.5) is 5.69 Å². The standard InChI is InChI=1S/C19H19N3O5/c1-25-10-8-20-18(23)11-13-4-6-14(7-5-13)21-19(24)15-12-17(27-22-15)16-3-2-9-26-16/h2-7,9,12H,8,10-11H2,1H3,(H,20,23)(H,21,24). The molecule has 0 unspecified atom stereocenters. The van der Waals surface area contributed by atoms with Crippen LogP contribution in [0.5, 0.6) is 0 Å². The lowest BCUT2D eigenvalue weighted by molar-refractivity contribution is -0.120. The van der Waals surface area contributed by atoms with E-state index >= 15 is 0 Å². The third kappa shape index (κ3) is 5.05. The molecule has 0 aliphatic rings. The number of methoxy groups -OCH3 is 1. The Kier molecular flexibility index (Phi) is 6.01. The first-order chi connectivity index (χ1) is 13.2. The number of rotatable bonds is 8. The zero-order valence-corrected chi connectivity index (χ0v) is 14.7. The number of nitrogens with one attached hydrogen (secondary N) is 2. The van der Waals surface area contributed by atoms with Gasteiger partial charge in [-0.1, -0.05) is 17.3 Å². The van der Waals surface area contributed by atoms with Crippen LogP contribution in [-0.4, -0.2) is 37.2 Å². The van der Waals surface area contributed by atoms with Crippen LogP contribution in [0.25, 0.3) is 11.5 Å². The first-order valence-corrected chi connectivity index (χ1v) is 8.32. The van der Waals surface area contributed by atoms with E-state index in [9.17, 15) is 9.59 Å². The number of hydrogen-bond donors (Lipinski definition) is 2. The summed E-state index contributed by atoms with van der Waals surface area (Å²) in [5.74, 6) is 0.383. The van der Waals surface area contributed by atoms with Gasteiger partial charge in [0.1, 0.15) is 0 Å². The van der Waals surface area contributed by atoms with E-state index < -0.39 is 5.91 Å². The molecule has 8 heteroatoms. The van der Waals surface area contributed by atoms with Crippen molar-refractivity contribution in [2.45, 2.75) is 6.42 Å². The molecule has 140 valence electrons. The summed E-state index contributed by atoms with van der Waals surface area (Å²) < 4.78 is 15.2. The second-order valence-corrected chi connectivity index (χ2v) is 5.72. The SMILES string of the molecule is COCCNC(=O)Cc1ccc(NC(=O)c2cc(-c3ccco3)on2)cc1. The number of anilines is 1. The lowest BCUT2D eigenvalue weighted by Crippen LogP contribution is -2.28. The topological polar surface area (TPSA) is 107 Å². The van der Waals surface area contributed by atoms with Crippen LogP contribution in [-0.2, 0) is 16.0 Å². The van der Waals surface area contributed by atoms with Gasteiger partial charge < -0.3 is 24.3 Å². The molecule has 1 aromatic carbocycles. The molecule has 0 atom stereocenters. The highest BCUT2D eigenvalue weighted by atomic mass is 16.5. The molecule has 0 bridgehead atoms. The average Bonchev–Trinajstić information content (AvgIpc) is 3.35. The predicted octanol–water partition coefficient (Wildman–Crippen LogP) is 2.49. The zero-order valence-electron chi connectivity index (χ0n) is 14.7. The normalized spacial score (nSPS) is 10.6. The molecule has 0 spiro atoms. The summed E-state index contributed by atoms with van der Waals surface area (Å²) in [5.41, 5.74) is 1.57. The number of amides is 2. The van der Waals surface area contributed by atoms with E-state index in [2.05, 4.69) is 15.8 Å². The van der Waals surface area contributed by atoms with Gasteiger partial charge in [0.05, 0.1) is 19.3 Å². The van der Waals surface area contributed by atoms with Gasteiger partial charge in [-0.15, -0.1) is 0 Å². The van der Waals surface area contributed by atoms with E-state index in [4.69, 9.17) is 13.7 Å². The number of benzene rings is 1. The molecule has 27 heavy (non-hydrogen) atoms. The second-order valence-electron chi connectivity index (χ2n) is 5.72. The fourth-order valence-electron chi connectivity index (χ4n) is 2.36. The molecule has 0 radical (unpaired) electrons. The molecule has 2 N–H and O–H groups in total. The van der Waals surface area contributed by atoms with Crippen LogP contribution in [0, 0.1) is 0 Å². The van der Waals surface area contributed by atoms with Crippen molar-refractivity contribution in [1.82, 2.24) is 10.5 Å². The molecule has 2 aromatic heterocycles. The molecule has 2 amide bonds. The van der Waals surface area contributed by atoms with E-state index in [0.29, 0.717) is 30.4 Å². The first-order valence-electron chi connectivity index (χ1n) is 8.32. The van der Waals surface area contributed by atoms with Gasteiger partial charge in [-0.2, -0.15) is 0 Å². The number of nitrogens with zero attached hydrogens (tertiary/aromatic N) is 1. The monoisotopic (exact) mass is 369 g/mol. The number of carbonyl (C=O) groups excluding carboxylic acids is 2. The summed E-state index contributed by atoms with van der Waals surface area (Å²) in [6.45, 7) is 0.946. The number of furan rings is 1. The van der Waals surface area contributed by atoms with Crippen LogP contribution >= 0.6 is 0 Å². The summed E-state index contributed by atoms with van der Waals surface area (Å²) in [4.78, 5) is 24.0. The lowest BCUT2D eigenvalue weighted by atomic mass is 10.1. The van der Waals surface area contributed by atoms with Crippen molar-refractivity contribution in [3.8, 4) is 11.5 Å². The summed E-state index contributed by atoms with van der Waals surface area (Å²) >= 11 is 0. The highest BCUT2D eigenvalue weighted by Gasteiger charge is 2.15. The van der Waals surface area contributed by atoms with Crippen LogP contribution in [0.1, 0.15) is 16.1 Å². The molecule has 0 aliphatic carbocycles. The number of hydrogen-bond acceptors (Lipinski definition) is 6. The first kappa shape index (κ1) is 18.4. The third-order valence-electron chi connectivity index (χ3n) is 3.71. The van der Waals surface area contributed by atoms with E-state index in [1.165, 1.54) is 12.3 Å². The van der Waals surface area contributed by atoms with Crippen LogP contribution in [0.2, 0.25) is 0 Å². The molecule has 3 aromatic rings. The molecule has 3 rings (SSSR count). The van der Waals surface area contributed by atoms with Gasteiger partial charge in [-0.05, 0) is 29.8 Å². The van der Waals surface area contributed by atoms with Crippen molar-refractivity contribution in [3.05, 3.63) is 60.0 Å². The van der Waals surface area contributed by atoms with Gasteiger partial charge in [-0.25, -0.2) is 0 Å². The Hall–Kier alpha value is -3.39. The Morgan fingerprint density at radius 1 is 1.15 bits per heavy atom. The fraction of sp³-hybridized carbons (Fsp3) is 0.211. The highest BCUT2D eigenvalue weighted by molar-refractivity contribution is 6.03. The van der Waals surface area contributed by atoms with Gasteiger partial charge in [0.2, 0.25) is 11.7 Å². The van der Waals surface area contributed by atoms with E-state index in [-0.39, 0.29) is 18.0 Å². The Labute approximate surface area is 155 Å². The van der Waals surface area contributed by atoms with Crippen molar-refractivity contribution in [3.63, 3.8) is 0 Å². The van der Waals surface area contributed by atoms with E-state index in [0.717, 1.165) is 5.56 Å². The summed E-state index contributed by atoms with van der Waals surface area (Å²) in [7, 11) is 1.58. The van der Waals surface area contributed by atoms with Gasteiger partial charge in [-0.3, -0.25) is 9.59 Å². The van der Waals surface area contributed by atoms with Gasteiger partial charge in [0, 0.05) is 25.4 Å². The summed E-state index contributed by atoms with van der Waals surface area (Å²) in [6.07, 6.45) is 1.77. The maximum atomic E-state index is 12.3. The molecular formula is C19H19N3O5. The van der Waals surface area contributed by atoms with Crippen LogP contribution in [0.3, 0.4) is 0 Å². The minimum Gasteiger partial charge on any atom is -0.461 e. The molecule has 0 saturated heterocycles. The predicted molar refractivity (Wildman–Crippen MR) is 97.2 cm³/mol. The van der Waals surface area contributed by atoms with Gasteiger partial charge >= 0.3 is 0 Å². The Balaban J connectivity index is 1.55. The van der Waals surface area contributed by atoms with E-state index in [1.807, 2.05) is 0 Å². The Morgan fingerprint density at radius 3 is 2.67 bits per heavy atom. The van der Waals surface area contributed by atoms with E-state index in [1.54, 1.807) is 43.5 Å². The van der Waals surface area contributed by atoms with Gasteiger partial charge in [0.25, 0.3) is 5.91 Å². The molecule has 0 aliphatic heterocycles. The fourth-order valence-corrected chi connectivity index (χ4v) is 2.36. The number of carbonyl (C=O) groups is 2. The van der Waals surface area contributed by atoms with Gasteiger partial charge in [0.15, 0.2) is 11.5 Å². The van der Waals surface area contributed by atoms with Crippen molar-refractivity contribution in [1.29, 1.82) is 0 Å². The highest BCUT2D eigenvalue weighted by Crippen LogP contribution is 2.21. The molecule has 8 nitrogen and oxygen atoms in total. The summed E-state index contributed by atoms with van der Waals surface area (Å²) in [5, 5.41) is 9.23. The minimum atomic E-state index is -0.401. The average molecular weight is 369 g/mol. The number of aromatic nitrogens is 1. The maximum absolute atomic E-state index is 12.3. The molecular weight excluding hydrogens is 350 g/mol. The third-order valence-corrected chi connectivity index (χ3v) is 3.71. The number of ether oxygens (including phenoxy) is 1. The van der Waals surface area contributed by atoms with Crippen LogP contribution in [0.15, 0.2) is 57.7 Å². The molecule has 0 saturated carbocycles. The lowest BCUT2D eigenvalue weighted by Gasteiger charge is -2.06. The van der Waals surface area contributed by atoms with Crippen molar-refractivity contribution >= 4 is 17.5 Å². The zero-order chi connectivity index (χ0) is 19.1. The van der Waals surface area contributed by atoms with Crippen LogP contribution < -0.4 is 10.6 Å². The molecule has 2 heterocycles. The molecule has 0 fully saturated rings. The quantitative estimate of drug-likeness (QED) is 0.591. The second kappa shape index (κ2) is 8.81. The Morgan fingerprint density at radius 2 is 1.96 bits per heavy atom. The van der Waals surface area contributed by atoms with Crippen molar-refractivity contribution < 1.29 is 23.3 Å². The smallest absolute Gasteiger partial charge is 0.277 e. The minimum absolute atomic E-state index is 0.0862. The van der Waals surface area contributed by atoms with Crippen molar-refractivity contribution in [2.75, 3.05) is 25.6 Å². The summed E-state index contributed by atoms with van der Waals surface area (Å²) in [6, 6.07) is 12.0. The maximum Gasteiger partial charge on any atom is 0.277 e. The van der Waals surface area contributed by atoms with Crippen molar-refractivity contribution in [2.24, 2.45) is 0 Å².